The van der Waals surface area contributed by atoms with Gasteiger partial charge in [-0.2, -0.15) is 0 Å². The normalized spacial score (nSPS) is 25.8. The maximum absolute atomic E-state index is 11.4. The molecule has 1 aliphatic carbocycles. The van der Waals surface area contributed by atoms with E-state index in [1.807, 2.05) is 6.07 Å². The van der Waals surface area contributed by atoms with Crippen molar-refractivity contribution in [2.75, 3.05) is 26.3 Å². The Labute approximate surface area is 143 Å². The number of aliphatic hydroxyl groups excluding tert-OH is 1. The number of aliphatic hydroxyl groups is 1. The van der Waals surface area contributed by atoms with Crippen molar-refractivity contribution in [2.45, 2.75) is 50.9 Å². The lowest BCUT2D eigenvalue weighted by Gasteiger charge is -2.44. The molecule has 1 saturated carbocycles. The van der Waals surface area contributed by atoms with Crippen LogP contribution in [0.3, 0.4) is 0 Å². The summed E-state index contributed by atoms with van der Waals surface area (Å²) in [6.07, 6.45) is 4.54. The van der Waals surface area contributed by atoms with Crippen molar-refractivity contribution in [3.05, 3.63) is 29.8 Å². The maximum Gasteiger partial charge on any atom is 0.159 e. The molecule has 1 N–H and O–H groups in total. The van der Waals surface area contributed by atoms with Crippen molar-refractivity contribution in [1.29, 1.82) is 0 Å². The number of morpholine rings is 1. The number of hydrogen-bond donors (Lipinski definition) is 1. The van der Waals surface area contributed by atoms with Crippen LogP contribution in [0.5, 0.6) is 5.75 Å². The first-order valence-corrected chi connectivity index (χ1v) is 8.91. The molecule has 1 saturated heterocycles. The highest BCUT2D eigenvalue weighted by Crippen LogP contribution is 2.28. The number of hydrogen-bond acceptors (Lipinski definition) is 5. The molecule has 5 heteroatoms. The predicted molar refractivity (Wildman–Crippen MR) is 91.5 cm³/mol. The van der Waals surface area contributed by atoms with E-state index in [1.165, 1.54) is 19.8 Å². The highest BCUT2D eigenvalue weighted by Gasteiger charge is 2.34. The second kappa shape index (κ2) is 8.10. The van der Waals surface area contributed by atoms with Crippen molar-refractivity contribution in [3.8, 4) is 5.75 Å². The summed E-state index contributed by atoms with van der Waals surface area (Å²) in [4.78, 5) is 13.8. The number of ether oxygens (including phenoxy) is 2. The molecule has 2 aliphatic rings. The van der Waals surface area contributed by atoms with Crippen LogP contribution in [-0.2, 0) is 4.74 Å². The number of carbonyl (C=O) groups is 1. The topological polar surface area (TPSA) is 59.0 Å². The quantitative estimate of drug-likeness (QED) is 0.809. The van der Waals surface area contributed by atoms with Gasteiger partial charge in [0.2, 0.25) is 0 Å². The summed E-state index contributed by atoms with van der Waals surface area (Å²) in [5.41, 5.74) is 0.625. The van der Waals surface area contributed by atoms with Gasteiger partial charge >= 0.3 is 0 Å². The second-order valence-electron chi connectivity index (χ2n) is 6.80. The number of fused-ring (bicyclic) bond motifs is 1. The van der Waals surface area contributed by atoms with Crippen LogP contribution < -0.4 is 4.74 Å². The van der Waals surface area contributed by atoms with Crippen molar-refractivity contribution in [1.82, 2.24) is 4.90 Å². The fourth-order valence-electron chi connectivity index (χ4n) is 3.72. The van der Waals surface area contributed by atoms with Crippen LogP contribution in [0.25, 0.3) is 0 Å². The number of nitrogens with zero attached hydrogens (tertiary/aromatic N) is 1. The minimum absolute atomic E-state index is 0.0117. The Morgan fingerprint density at radius 2 is 2.25 bits per heavy atom. The van der Waals surface area contributed by atoms with Gasteiger partial charge in [-0.05, 0) is 31.9 Å². The molecular formula is C19H27NO4. The summed E-state index contributed by atoms with van der Waals surface area (Å²) in [7, 11) is 0. The average Bonchev–Trinajstić information content (AvgIpc) is 2.60. The smallest absolute Gasteiger partial charge is 0.159 e. The van der Waals surface area contributed by atoms with Crippen molar-refractivity contribution < 1.29 is 19.4 Å². The zero-order valence-corrected chi connectivity index (χ0v) is 14.3. The minimum atomic E-state index is -0.549. The van der Waals surface area contributed by atoms with Crippen LogP contribution in [0.15, 0.2) is 24.3 Å². The van der Waals surface area contributed by atoms with E-state index in [0.29, 0.717) is 30.0 Å². The molecule has 0 unspecified atom stereocenters. The highest BCUT2D eigenvalue weighted by molar-refractivity contribution is 5.94. The molecule has 1 aliphatic heterocycles. The molecule has 1 heterocycles. The number of Topliss-reactive ketones (excluding diaryl/α,β-unsaturated/α-hetero) is 1. The summed E-state index contributed by atoms with van der Waals surface area (Å²) in [6, 6.07) is 7.53. The molecule has 0 bridgehead atoms. The summed E-state index contributed by atoms with van der Waals surface area (Å²) in [6.45, 7) is 3.99. The van der Waals surface area contributed by atoms with Crippen LogP contribution >= 0.6 is 0 Å². The Morgan fingerprint density at radius 3 is 3.08 bits per heavy atom. The van der Waals surface area contributed by atoms with E-state index in [0.717, 1.165) is 26.0 Å². The van der Waals surface area contributed by atoms with E-state index in [1.54, 1.807) is 18.2 Å². The van der Waals surface area contributed by atoms with Gasteiger partial charge in [0.1, 0.15) is 18.5 Å². The fourth-order valence-corrected chi connectivity index (χ4v) is 3.72. The van der Waals surface area contributed by atoms with E-state index < -0.39 is 6.10 Å². The van der Waals surface area contributed by atoms with Gasteiger partial charge in [-0.1, -0.05) is 25.0 Å². The predicted octanol–water partition coefficient (Wildman–Crippen LogP) is 2.27. The van der Waals surface area contributed by atoms with Crippen LogP contribution in [0.2, 0.25) is 0 Å². The third kappa shape index (κ3) is 4.35. The Kier molecular flexibility index (Phi) is 5.87. The van der Waals surface area contributed by atoms with Gasteiger partial charge in [0.25, 0.3) is 0 Å². The SMILES string of the molecule is CC(=O)c1cccc(OC[C@H](O)CN2CCO[C@@H]3CCCC[C@H]32)c1. The lowest BCUT2D eigenvalue weighted by atomic mass is 9.90. The zero-order valence-electron chi connectivity index (χ0n) is 14.3. The molecule has 0 radical (unpaired) electrons. The molecule has 1 aromatic rings. The first-order chi connectivity index (χ1) is 11.6. The van der Waals surface area contributed by atoms with Crippen molar-refractivity contribution >= 4 is 5.78 Å². The Morgan fingerprint density at radius 1 is 1.42 bits per heavy atom. The highest BCUT2D eigenvalue weighted by atomic mass is 16.5. The van der Waals surface area contributed by atoms with E-state index in [2.05, 4.69) is 4.90 Å². The van der Waals surface area contributed by atoms with E-state index >= 15 is 0 Å². The summed E-state index contributed by atoms with van der Waals surface area (Å²) < 4.78 is 11.5. The molecule has 0 aromatic heterocycles. The van der Waals surface area contributed by atoms with Gasteiger partial charge in [-0.25, -0.2) is 0 Å². The van der Waals surface area contributed by atoms with Crippen LogP contribution in [0, 0.1) is 0 Å². The Balaban J connectivity index is 1.51. The third-order valence-electron chi connectivity index (χ3n) is 4.98. The van der Waals surface area contributed by atoms with Crippen LogP contribution in [0.4, 0.5) is 0 Å². The number of benzene rings is 1. The molecule has 132 valence electrons. The average molecular weight is 333 g/mol. The molecule has 3 rings (SSSR count). The Hall–Kier alpha value is -1.43. The van der Waals surface area contributed by atoms with Crippen molar-refractivity contribution in [3.63, 3.8) is 0 Å². The minimum Gasteiger partial charge on any atom is -0.491 e. The largest absolute Gasteiger partial charge is 0.491 e. The van der Waals surface area contributed by atoms with E-state index in [9.17, 15) is 9.90 Å². The van der Waals surface area contributed by atoms with Gasteiger partial charge in [0.15, 0.2) is 5.78 Å². The van der Waals surface area contributed by atoms with Crippen LogP contribution in [0.1, 0.15) is 43.0 Å². The number of β-amino-alcohol motifs (C(OH)–C–C–N with tert-alkyl or cyclic N) is 1. The maximum atomic E-state index is 11.4. The van der Waals surface area contributed by atoms with Gasteiger partial charge < -0.3 is 14.6 Å². The van der Waals surface area contributed by atoms with Gasteiger partial charge in [-0.15, -0.1) is 0 Å². The van der Waals surface area contributed by atoms with Gasteiger partial charge in [0.05, 0.1) is 12.7 Å². The van der Waals surface area contributed by atoms with E-state index in [4.69, 9.17) is 9.47 Å². The van der Waals surface area contributed by atoms with Crippen molar-refractivity contribution in [2.24, 2.45) is 0 Å². The Bertz CT molecular complexity index is 560. The lowest BCUT2D eigenvalue weighted by molar-refractivity contribution is -0.0992. The molecule has 3 atom stereocenters. The number of carbonyl (C=O) groups excluding carboxylic acids is 1. The molecule has 0 spiro atoms. The summed E-state index contributed by atoms with van der Waals surface area (Å²) in [5, 5.41) is 10.4. The molecular weight excluding hydrogens is 306 g/mol. The molecule has 2 fully saturated rings. The molecule has 24 heavy (non-hydrogen) atoms. The molecule has 0 amide bonds. The summed E-state index contributed by atoms with van der Waals surface area (Å²) >= 11 is 0. The number of rotatable bonds is 6. The summed E-state index contributed by atoms with van der Waals surface area (Å²) in [5.74, 6) is 0.636. The van der Waals surface area contributed by atoms with Gasteiger partial charge in [-0.3, -0.25) is 9.69 Å². The zero-order chi connectivity index (χ0) is 16.9. The monoisotopic (exact) mass is 333 g/mol. The second-order valence-corrected chi connectivity index (χ2v) is 6.80. The van der Waals surface area contributed by atoms with E-state index in [-0.39, 0.29) is 12.4 Å². The van der Waals surface area contributed by atoms with Crippen LogP contribution in [-0.4, -0.2) is 60.3 Å². The molecule has 1 aromatic carbocycles. The lowest BCUT2D eigenvalue weighted by Crippen LogP contribution is -2.55. The first-order valence-electron chi connectivity index (χ1n) is 8.91. The first kappa shape index (κ1) is 17.4. The number of ketones is 1. The standard InChI is InChI=1S/C19H27NO4/c1-14(21)15-5-4-6-17(11-15)24-13-16(22)12-20-9-10-23-19-8-3-2-7-18(19)20/h4-6,11,16,18-19,22H,2-3,7-10,12-13H2,1H3/t16-,18-,19-/m1/s1. The molecule has 5 nitrogen and oxygen atoms in total. The van der Waals surface area contributed by atoms with Gasteiger partial charge in [0, 0.05) is 24.7 Å². The fraction of sp³-hybridized carbons (Fsp3) is 0.632. The third-order valence-corrected chi connectivity index (χ3v) is 4.98.